The lowest BCUT2D eigenvalue weighted by Gasteiger charge is -2.51. The average Bonchev–Trinajstić information content (AvgIpc) is 2.64. The summed E-state index contributed by atoms with van der Waals surface area (Å²) in [5.74, 6) is 0.138. The molecule has 1 heterocycles. The molecule has 25 heavy (non-hydrogen) atoms. The molecule has 1 saturated heterocycles. The number of nitriles is 1. The third kappa shape index (κ3) is 4.05. The van der Waals surface area contributed by atoms with Crippen molar-refractivity contribution in [1.29, 1.82) is 5.26 Å². The predicted octanol–water partition coefficient (Wildman–Crippen LogP) is 2.28. The summed E-state index contributed by atoms with van der Waals surface area (Å²) in [6.45, 7) is 3.50. The molecule has 1 saturated carbocycles. The van der Waals surface area contributed by atoms with Crippen LogP contribution in [0.2, 0.25) is 0 Å². The van der Waals surface area contributed by atoms with Gasteiger partial charge in [-0.05, 0) is 44.2 Å². The first-order chi connectivity index (χ1) is 12.0. The Kier molecular flexibility index (Phi) is 5.47. The summed E-state index contributed by atoms with van der Waals surface area (Å²) in [6.07, 6.45) is 6.33. The number of hydrogen-bond acceptors (Lipinski definition) is 5. The molecule has 2 fully saturated rings. The van der Waals surface area contributed by atoms with E-state index in [2.05, 4.69) is 16.8 Å². The first-order valence-corrected chi connectivity index (χ1v) is 10.8. The molecule has 1 spiro atoms. The second-order valence-electron chi connectivity index (χ2n) is 7.44. The van der Waals surface area contributed by atoms with E-state index in [4.69, 9.17) is 5.26 Å². The van der Waals surface area contributed by atoms with E-state index in [1.807, 2.05) is 6.07 Å². The van der Waals surface area contributed by atoms with Crippen LogP contribution in [0.5, 0.6) is 0 Å². The van der Waals surface area contributed by atoms with E-state index in [9.17, 15) is 8.42 Å². The van der Waals surface area contributed by atoms with Crippen LogP contribution in [0.15, 0.2) is 29.2 Å². The summed E-state index contributed by atoms with van der Waals surface area (Å²) >= 11 is 0. The highest BCUT2D eigenvalue weighted by Gasteiger charge is 2.40. The van der Waals surface area contributed by atoms with Crippen molar-refractivity contribution in [1.82, 2.24) is 9.80 Å². The van der Waals surface area contributed by atoms with Crippen molar-refractivity contribution in [2.24, 2.45) is 0 Å². The molecule has 5 nitrogen and oxygen atoms in total. The summed E-state index contributed by atoms with van der Waals surface area (Å²) in [7, 11) is -1.09. The Labute approximate surface area is 151 Å². The number of rotatable bonds is 4. The number of benzene rings is 1. The average molecular weight is 362 g/mol. The number of nitrogens with zero attached hydrogens (tertiary/aromatic N) is 3. The molecule has 0 amide bonds. The van der Waals surface area contributed by atoms with Crippen molar-refractivity contribution >= 4 is 9.84 Å². The predicted molar refractivity (Wildman–Crippen MR) is 98.1 cm³/mol. The monoisotopic (exact) mass is 361 g/mol. The van der Waals surface area contributed by atoms with Gasteiger partial charge in [0, 0.05) is 31.7 Å². The lowest BCUT2D eigenvalue weighted by atomic mass is 9.79. The van der Waals surface area contributed by atoms with Crippen molar-refractivity contribution in [2.45, 2.75) is 42.5 Å². The maximum absolute atomic E-state index is 12.6. The summed E-state index contributed by atoms with van der Waals surface area (Å²) in [6, 6.07) is 8.24. The fourth-order valence-corrected chi connectivity index (χ4v) is 5.47. The van der Waals surface area contributed by atoms with Gasteiger partial charge >= 0.3 is 0 Å². The van der Waals surface area contributed by atoms with Crippen LogP contribution in [-0.4, -0.2) is 62.7 Å². The molecule has 0 N–H and O–H groups in total. The van der Waals surface area contributed by atoms with E-state index in [1.165, 1.54) is 32.1 Å². The van der Waals surface area contributed by atoms with Gasteiger partial charge in [0.05, 0.1) is 22.3 Å². The molecule has 1 aromatic carbocycles. The molecule has 3 rings (SSSR count). The summed E-state index contributed by atoms with van der Waals surface area (Å²) in [5, 5.41) is 8.84. The van der Waals surface area contributed by atoms with E-state index in [0.717, 1.165) is 19.6 Å². The molecular weight excluding hydrogens is 334 g/mol. The van der Waals surface area contributed by atoms with Gasteiger partial charge in [0.1, 0.15) is 0 Å². The molecule has 0 aromatic heterocycles. The molecule has 2 aliphatic rings. The van der Waals surface area contributed by atoms with Crippen LogP contribution < -0.4 is 0 Å². The Balaban J connectivity index is 1.63. The Morgan fingerprint density at radius 2 is 1.80 bits per heavy atom. The van der Waals surface area contributed by atoms with Crippen molar-refractivity contribution in [3.63, 3.8) is 0 Å². The first kappa shape index (κ1) is 18.4. The molecular formula is C19H27N3O2S. The molecule has 0 radical (unpaired) electrons. The van der Waals surface area contributed by atoms with E-state index < -0.39 is 9.84 Å². The Hall–Kier alpha value is -1.42. The second-order valence-corrected chi connectivity index (χ2v) is 9.55. The minimum Gasteiger partial charge on any atom is -0.299 e. The van der Waals surface area contributed by atoms with Crippen LogP contribution in [0, 0.1) is 11.3 Å². The van der Waals surface area contributed by atoms with Crippen molar-refractivity contribution < 1.29 is 8.42 Å². The van der Waals surface area contributed by atoms with Gasteiger partial charge < -0.3 is 0 Å². The Morgan fingerprint density at radius 3 is 2.44 bits per heavy atom. The van der Waals surface area contributed by atoms with Crippen molar-refractivity contribution in [3.05, 3.63) is 29.8 Å². The topological polar surface area (TPSA) is 64.4 Å². The minimum atomic E-state index is -3.31. The second kappa shape index (κ2) is 7.45. The van der Waals surface area contributed by atoms with E-state index in [1.54, 1.807) is 24.3 Å². The normalized spacial score (nSPS) is 21.9. The molecule has 1 aliphatic heterocycles. The fraction of sp³-hybridized carbons (Fsp3) is 0.632. The van der Waals surface area contributed by atoms with Gasteiger partial charge in [-0.3, -0.25) is 9.80 Å². The molecule has 0 unspecified atom stereocenters. The summed E-state index contributed by atoms with van der Waals surface area (Å²) in [4.78, 5) is 5.14. The van der Waals surface area contributed by atoms with Crippen LogP contribution in [0.25, 0.3) is 0 Å². The van der Waals surface area contributed by atoms with Gasteiger partial charge in [0.2, 0.25) is 0 Å². The molecule has 6 heteroatoms. The third-order valence-corrected chi connectivity index (χ3v) is 7.59. The fourth-order valence-electron chi connectivity index (χ4n) is 4.19. The molecule has 136 valence electrons. The zero-order valence-electron chi connectivity index (χ0n) is 14.9. The van der Waals surface area contributed by atoms with Gasteiger partial charge in [-0.25, -0.2) is 8.42 Å². The quantitative estimate of drug-likeness (QED) is 0.823. The van der Waals surface area contributed by atoms with Crippen molar-refractivity contribution in [3.8, 4) is 6.07 Å². The van der Waals surface area contributed by atoms with Crippen LogP contribution in [0.3, 0.4) is 0 Å². The summed E-state index contributed by atoms with van der Waals surface area (Å²) < 4.78 is 25.2. The highest BCUT2D eigenvalue weighted by atomic mass is 32.2. The largest absolute Gasteiger partial charge is 0.299 e. The van der Waals surface area contributed by atoms with E-state index in [-0.39, 0.29) is 11.3 Å². The minimum absolute atomic E-state index is 0.138. The van der Waals surface area contributed by atoms with Crippen LogP contribution in [0.1, 0.15) is 37.7 Å². The molecule has 0 atom stereocenters. The Bertz CT molecular complexity index is 731. The van der Waals surface area contributed by atoms with E-state index in [0.29, 0.717) is 17.0 Å². The van der Waals surface area contributed by atoms with Crippen molar-refractivity contribution in [2.75, 3.05) is 39.0 Å². The molecule has 0 bridgehead atoms. The van der Waals surface area contributed by atoms with Gasteiger partial charge in [-0.2, -0.15) is 5.26 Å². The SMILES string of the molecule is CN1CCN(CCS(=O)(=O)c2ccc(C#N)cc2)CC12CCCCC2. The van der Waals surface area contributed by atoms with Crippen LogP contribution in [-0.2, 0) is 9.84 Å². The van der Waals surface area contributed by atoms with Gasteiger partial charge in [-0.1, -0.05) is 19.3 Å². The molecule has 1 aliphatic carbocycles. The van der Waals surface area contributed by atoms with Gasteiger partial charge in [0.15, 0.2) is 9.84 Å². The summed E-state index contributed by atoms with van der Waals surface area (Å²) in [5.41, 5.74) is 0.728. The molecule has 1 aromatic rings. The maximum atomic E-state index is 12.6. The maximum Gasteiger partial charge on any atom is 0.179 e. The first-order valence-electron chi connectivity index (χ1n) is 9.12. The van der Waals surface area contributed by atoms with Crippen LogP contribution >= 0.6 is 0 Å². The highest BCUT2D eigenvalue weighted by molar-refractivity contribution is 7.91. The zero-order valence-corrected chi connectivity index (χ0v) is 15.8. The van der Waals surface area contributed by atoms with Gasteiger partial charge in [0.25, 0.3) is 0 Å². The number of sulfone groups is 1. The lowest BCUT2D eigenvalue weighted by Crippen LogP contribution is -2.61. The van der Waals surface area contributed by atoms with Gasteiger partial charge in [-0.15, -0.1) is 0 Å². The smallest absolute Gasteiger partial charge is 0.179 e. The van der Waals surface area contributed by atoms with E-state index >= 15 is 0 Å². The van der Waals surface area contributed by atoms with Crippen LogP contribution in [0.4, 0.5) is 0 Å². The third-order valence-electron chi connectivity index (χ3n) is 5.88. The Morgan fingerprint density at radius 1 is 1.12 bits per heavy atom. The number of piperazine rings is 1. The number of likely N-dealkylation sites (N-methyl/N-ethyl adjacent to an activating group) is 1. The number of hydrogen-bond donors (Lipinski definition) is 0. The standard InChI is InChI=1S/C19H27N3O2S/c1-21-11-12-22(16-19(21)9-3-2-4-10-19)13-14-25(23,24)18-7-5-17(15-20)6-8-18/h5-8H,2-4,9-14,16H2,1H3. The highest BCUT2D eigenvalue weighted by Crippen LogP contribution is 2.35. The lowest BCUT2D eigenvalue weighted by molar-refractivity contribution is -0.00713. The zero-order chi connectivity index (χ0) is 17.9.